The fraction of sp³-hybridized carbons (Fsp3) is 0.0256. The third kappa shape index (κ3) is 12.7. The van der Waals surface area contributed by atoms with Crippen molar-refractivity contribution in [1.82, 2.24) is 28.2 Å². The number of fused-ring (bicyclic) bond motifs is 14. The van der Waals surface area contributed by atoms with E-state index >= 15 is 0 Å². The van der Waals surface area contributed by atoms with E-state index < -0.39 is 0 Å². The van der Waals surface area contributed by atoms with E-state index in [1.54, 1.807) is 0 Å². The molecule has 0 amide bonds. The largest absolute Gasteiger partial charge is 0.310 e. The van der Waals surface area contributed by atoms with Crippen molar-refractivity contribution in [2.45, 2.75) is 20.8 Å². The summed E-state index contributed by atoms with van der Waals surface area (Å²) in [5.41, 5.74) is 32.6. The molecule has 24 rings (SSSR count). The first kappa shape index (κ1) is 73.7. The molecule has 0 spiro atoms. The van der Waals surface area contributed by atoms with Crippen LogP contribution in [0.2, 0.25) is 0 Å². The quantitative estimate of drug-likeness (QED) is 0.109. The molecule has 24 aromatic rings. The number of para-hydroxylation sites is 10. The second kappa shape index (κ2) is 30.7. The third-order valence-electron chi connectivity index (χ3n) is 25.2. The Morgan fingerprint density at radius 1 is 0.200 bits per heavy atom. The Morgan fingerprint density at radius 3 is 0.808 bits per heavy atom. The number of rotatable bonds is 14. The standard InChI is InChI=1S/C60H44N4.C57H38N4/c1-39-59(43-32-34-46(35-33-43)62(45-20-5-4-6-21-45)54-31-17-19-42-18-7-8-22-49(42)54)40(2)61-41(3)60(39)44-36-47(63-55-27-13-9-23-50(55)51-24-10-14-28-56(51)63)38-48(37-44)64-57-29-15-11-25-52(57)53-26-12-16-30-58(53)64;1-2-17-44(18-3-1)59(53-28-14-16-40-15-4-5-19-48(40)53)45-31-29-39(30-32-45)42-33-43(38-58-37-42)41-34-46(60-54-24-10-6-20-49(54)50-21-7-11-25-55(50)60)36-47(35-41)61-56-26-12-8-22-51(56)52-23-9-13-27-57(52)61/h4-38H,1-3H3;1-38H. The van der Waals surface area contributed by atoms with Gasteiger partial charge in [-0.05, 0) is 211 Å². The summed E-state index contributed by atoms with van der Waals surface area (Å²) in [4.78, 5) is 14.9. The molecule has 0 radical (unpaired) electrons. The van der Waals surface area contributed by atoms with Crippen molar-refractivity contribution in [3.05, 3.63) is 460 Å². The highest BCUT2D eigenvalue weighted by molar-refractivity contribution is 6.14. The van der Waals surface area contributed by atoms with E-state index in [2.05, 4.69) is 480 Å². The molecule has 0 saturated heterocycles. The Balaban J connectivity index is 0.000000144. The highest BCUT2D eigenvalue weighted by Crippen LogP contribution is 2.47. The van der Waals surface area contributed by atoms with E-state index in [0.29, 0.717) is 0 Å². The van der Waals surface area contributed by atoms with Gasteiger partial charge in [0.25, 0.3) is 0 Å². The number of aryl methyl sites for hydroxylation is 2. The molecule has 6 heterocycles. The summed E-state index contributed by atoms with van der Waals surface area (Å²) >= 11 is 0. The van der Waals surface area contributed by atoms with E-state index in [9.17, 15) is 0 Å². The molecular formula is C117H82N8. The maximum Gasteiger partial charge on any atom is 0.0541 e. The van der Waals surface area contributed by atoms with E-state index in [0.717, 1.165) is 113 Å². The molecular weight excluding hydrogens is 1520 g/mol. The topological polar surface area (TPSA) is 52.0 Å². The molecule has 0 aliphatic rings. The zero-order valence-electron chi connectivity index (χ0n) is 69.2. The van der Waals surface area contributed by atoms with Crippen LogP contribution in [0.3, 0.4) is 0 Å². The number of nitrogens with zero attached hydrogens (tertiary/aromatic N) is 8. The van der Waals surface area contributed by atoms with Crippen molar-refractivity contribution in [1.29, 1.82) is 0 Å². The van der Waals surface area contributed by atoms with Gasteiger partial charge >= 0.3 is 0 Å². The van der Waals surface area contributed by atoms with Crippen LogP contribution in [0.5, 0.6) is 0 Å². The first-order chi connectivity index (χ1) is 61.8. The zero-order chi connectivity index (χ0) is 83.2. The van der Waals surface area contributed by atoms with Gasteiger partial charge < -0.3 is 28.1 Å². The van der Waals surface area contributed by atoms with Gasteiger partial charge in [-0.2, -0.15) is 0 Å². The second-order valence-corrected chi connectivity index (χ2v) is 32.5. The molecule has 590 valence electrons. The number of aromatic nitrogens is 6. The molecule has 0 aliphatic carbocycles. The van der Waals surface area contributed by atoms with Crippen molar-refractivity contribution in [2.24, 2.45) is 0 Å². The summed E-state index contributed by atoms with van der Waals surface area (Å²) < 4.78 is 9.70. The third-order valence-corrected chi connectivity index (χ3v) is 25.2. The van der Waals surface area contributed by atoms with E-state index in [4.69, 9.17) is 9.97 Å². The zero-order valence-corrected chi connectivity index (χ0v) is 69.2. The predicted octanol–water partition coefficient (Wildman–Crippen LogP) is 31.4. The molecule has 6 aromatic heterocycles. The Morgan fingerprint density at radius 2 is 0.464 bits per heavy atom. The van der Waals surface area contributed by atoms with Gasteiger partial charge in [0.1, 0.15) is 0 Å². The highest BCUT2D eigenvalue weighted by atomic mass is 15.2. The normalized spacial score (nSPS) is 11.6. The van der Waals surface area contributed by atoms with Crippen molar-refractivity contribution < 1.29 is 0 Å². The van der Waals surface area contributed by atoms with Gasteiger partial charge in [-0.15, -0.1) is 0 Å². The number of hydrogen-bond acceptors (Lipinski definition) is 4. The lowest BCUT2D eigenvalue weighted by molar-refractivity contribution is 1.10. The van der Waals surface area contributed by atoms with E-state index in [1.807, 2.05) is 12.4 Å². The molecule has 0 aliphatic heterocycles. The number of benzene rings is 18. The predicted molar refractivity (Wildman–Crippen MR) is 526 cm³/mol. The van der Waals surface area contributed by atoms with Gasteiger partial charge in [-0.1, -0.05) is 279 Å². The average molecular weight is 1600 g/mol. The van der Waals surface area contributed by atoms with Crippen molar-refractivity contribution in [2.75, 3.05) is 9.80 Å². The monoisotopic (exact) mass is 1600 g/mol. The lowest BCUT2D eigenvalue weighted by Crippen LogP contribution is -2.10. The minimum Gasteiger partial charge on any atom is -0.310 e. The van der Waals surface area contributed by atoms with Crippen LogP contribution in [0.4, 0.5) is 34.1 Å². The molecule has 0 unspecified atom stereocenters. The van der Waals surface area contributed by atoms with Gasteiger partial charge in [0.15, 0.2) is 0 Å². The minimum atomic E-state index is 1.01. The maximum atomic E-state index is 5.33. The van der Waals surface area contributed by atoms with E-state index in [1.165, 1.54) is 114 Å². The van der Waals surface area contributed by atoms with Crippen LogP contribution < -0.4 is 9.80 Å². The number of anilines is 6. The number of pyridine rings is 2. The minimum absolute atomic E-state index is 1.01. The van der Waals surface area contributed by atoms with Gasteiger partial charge in [0.2, 0.25) is 0 Å². The Kier molecular flexibility index (Phi) is 18.1. The summed E-state index contributed by atoms with van der Waals surface area (Å²) in [6.07, 6.45) is 3.97. The van der Waals surface area contributed by atoms with Gasteiger partial charge in [-0.3, -0.25) is 9.97 Å². The lowest BCUT2D eigenvalue weighted by atomic mass is 9.90. The molecule has 0 bridgehead atoms. The van der Waals surface area contributed by atoms with Crippen LogP contribution in [0.15, 0.2) is 443 Å². The summed E-state index contributed by atoms with van der Waals surface area (Å²) in [5.74, 6) is 0. The van der Waals surface area contributed by atoms with Crippen LogP contribution in [0.1, 0.15) is 17.0 Å². The van der Waals surface area contributed by atoms with Crippen molar-refractivity contribution >= 4 is 143 Å². The molecule has 125 heavy (non-hydrogen) atoms. The van der Waals surface area contributed by atoms with Crippen LogP contribution in [0, 0.1) is 20.8 Å². The van der Waals surface area contributed by atoms with Crippen molar-refractivity contribution in [3.8, 4) is 67.3 Å². The molecule has 8 heteroatoms. The highest BCUT2D eigenvalue weighted by Gasteiger charge is 2.25. The summed E-state index contributed by atoms with van der Waals surface area (Å²) in [5, 5.41) is 14.7. The molecule has 0 fully saturated rings. The average Bonchev–Trinajstić information content (AvgIpc) is 1.61. The first-order valence-electron chi connectivity index (χ1n) is 42.8. The maximum absolute atomic E-state index is 5.33. The van der Waals surface area contributed by atoms with Crippen LogP contribution in [-0.2, 0) is 0 Å². The molecule has 8 nitrogen and oxygen atoms in total. The summed E-state index contributed by atoms with van der Waals surface area (Å²) in [7, 11) is 0. The SMILES string of the molecule is Cc1nc(C)c(-c2cc(-n3c4ccccc4c4ccccc43)cc(-n3c4ccccc4c4ccccc43)c2)c(C)c1-c1ccc(N(c2ccccc2)c2cccc3ccccc23)cc1.c1ccc(N(c2ccc(-c3cncc(-c4cc(-n5c6ccccc6c6ccccc65)cc(-n5c6ccccc6c6ccccc65)c4)c3)cc2)c2cccc3ccccc23)cc1. The summed E-state index contributed by atoms with van der Waals surface area (Å²) in [6, 6.07) is 156. The van der Waals surface area contributed by atoms with Crippen molar-refractivity contribution in [3.63, 3.8) is 0 Å². The number of hydrogen-bond donors (Lipinski definition) is 0. The second-order valence-electron chi connectivity index (χ2n) is 32.5. The Hall–Kier alpha value is -16.4. The Labute approximate surface area is 724 Å². The summed E-state index contributed by atoms with van der Waals surface area (Å²) in [6.45, 7) is 6.59. The van der Waals surface area contributed by atoms with Gasteiger partial charge in [0.05, 0.1) is 55.5 Å². The lowest BCUT2D eigenvalue weighted by Gasteiger charge is -2.27. The van der Waals surface area contributed by atoms with Gasteiger partial charge in [-0.25, -0.2) is 0 Å². The smallest absolute Gasteiger partial charge is 0.0541 e. The Bertz CT molecular complexity index is 7850. The van der Waals surface area contributed by atoms with Crippen LogP contribution in [-0.4, -0.2) is 28.2 Å². The first-order valence-corrected chi connectivity index (χ1v) is 42.8. The van der Waals surface area contributed by atoms with Gasteiger partial charge in [0, 0.05) is 145 Å². The van der Waals surface area contributed by atoms with Crippen LogP contribution >= 0.6 is 0 Å². The molecule has 0 atom stereocenters. The molecule has 18 aromatic carbocycles. The van der Waals surface area contributed by atoms with Crippen LogP contribution in [0.25, 0.3) is 176 Å². The fourth-order valence-corrected chi connectivity index (χ4v) is 19.9. The molecule has 0 N–H and O–H groups in total. The van der Waals surface area contributed by atoms with E-state index in [-0.39, 0.29) is 0 Å². The molecule has 0 saturated carbocycles. The fourth-order valence-electron chi connectivity index (χ4n) is 19.9.